The third-order valence-electron chi connectivity index (χ3n) is 4.33. The fourth-order valence-electron chi connectivity index (χ4n) is 2.98. The molecule has 0 saturated carbocycles. The number of amides is 1. The zero-order chi connectivity index (χ0) is 16.9. The van der Waals surface area contributed by atoms with E-state index >= 15 is 0 Å². The molecule has 6 heteroatoms. The first-order valence-corrected chi connectivity index (χ1v) is 8.37. The molecule has 2 aliphatic heterocycles. The highest BCUT2D eigenvalue weighted by Gasteiger charge is 2.19. The maximum Gasteiger partial charge on any atom is 0.271 e. The van der Waals surface area contributed by atoms with Crippen LogP contribution in [0.5, 0.6) is 0 Å². The highest BCUT2D eigenvalue weighted by Crippen LogP contribution is 2.18. The van der Waals surface area contributed by atoms with Crippen molar-refractivity contribution >= 4 is 12.1 Å². The number of β-amino-alcohol motifs (C(OH)–C–C–N with tert-alkyl or cyclic N) is 1. The molecule has 3 rings (SSSR count). The zero-order valence-corrected chi connectivity index (χ0v) is 13.9. The number of rotatable bonds is 5. The molecule has 0 saturated heterocycles. The summed E-state index contributed by atoms with van der Waals surface area (Å²) in [6.07, 6.45) is 3.70. The molecular weight excluding hydrogens is 304 g/mol. The third kappa shape index (κ3) is 4.21. The van der Waals surface area contributed by atoms with Crippen molar-refractivity contribution < 1.29 is 9.90 Å². The van der Waals surface area contributed by atoms with E-state index in [1.807, 2.05) is 13.0 Å². The van der Waals surface area contributed by atoms with Crippen LogP contribution in [0, 0.1) is 0 Å². The van der Waals surface area contributed by atoms with Gasteiger partial charge < -0.3 is 15.7 Å². The summed E-state index contributed by atoms with van der Waals surface area (Å²) in [5.41, 5.74) is 3.05. The second-order valence-electron chi connectivity index (χ2n) is 6.38. The molecule has 0 spiro atoms. The van der Waals surface area contributed by atoms with E-state index in [2.05, 4.69) is 38.7 Å². The van der Waals surface area contributed by atoms with Gasteiger partial charge in [0, 0.05) is 38.6 Å². The van der Waals surface area contributed by atoms with E-state index < -0.39 is 6.10 Å². The summed E-state index contributed by atoms with van der Waals surface area (Å²) >= 11 is 0. The van der Waals surface area contributed by atoms with Gasteiger partial charge in [0.1, 0.15) is 5.70 Å². The number of carbonyl (C=O) groups excluding carboxylic acids is 1. The van der Waals surface area contributed by atoms with Gasteiger partial charge in [-0.05, 0) is 24.5 Å². The molecule has 0 aliphatic carbocycles. The molecule has 2 atom stereocenters. The van der Waals surface area contributed by atoms with Crippen LogP contribution in [0.1, 0.15) is 18.1 Å². The molecule has 1 aromatic rings. The summed E-state index contributed by atoms with van der Waals surface area (Å²) in [5, 5.41) is 16.0. The van der Waals surface area contributed by atoms with Crippen molar-refractivity contribution in [2.75, 3.05) is 19.6 Å². The number of nitrogens with zero attached hydrogens (tertiary/aromatic N) is 2. The lowest BCUT2D eigenvalue weighted by Crippen LogP contribution is -2.42. The molecule has 0 fully saturated rings. The average Bonchev–Trinajstić information content (AvgIpc) is 2.60. The SMILES string of the molecule is CC1C=NC(C(=O)NC[C@@H](O)CN2CCc3ccccc3C2)=CN1. The molecule has 128 valence electrons. The highest BCUT2D eigenvalue weighted by atomic mass is 16.3. The van der Waals surface area contributed by atoms with Crippen molar-refractivity contribution in [2.45, 2.75) is 32.0 Å². The van der Waals surface area contributed by atoms with Crippen LogP contribution >= 0.6 is 0 Å². The molecule has 0 aromatic heterocycles. The number of nitrogens with one attached hydrogen (secondary N) is 2. The number of hydrogen-bond donors (Lipinski definition) is 3. The maximum atomic E-state index is 12.0. The number of hydrogen-bond acceptors (Lipinski definition) is 5. The van der Waals surface area contributed by atoms with Crippen molar-refractivity contribution in [3.63, 3.8) is 0 Å². The summed E-state index contributed by atoms with van der Waals surface area (Å²) < 4.78 is 0. The van der Waals surface area contributed by atoms with Crippen molar-refractivity contribution in [1.29, 1.82) is 0 Å². The van der Waals surface area contributed by atoms with Gasteiger partial charge in [-0.25, -0.2) is 0 Å². The molecule has 2 aliphatic rings. The summed E-state index contributed by atoms with van der Waals surface area (Å²) in [5.74, 6) is -0.270. The lowest BCUT2D eigenvalue weighted by molar-refractivity contribution is -0.118. The Labute approximate surface area is 142 Å². The first-order valence-electron chi connectivity index (χ1n) is 8.37. The number of aliphatic hydroxyl groups excluding tert-OH is 1. The Morgan fingerprint density at radius 2 is 2.25 bits per heavy atom. The minimum atomic E-state index is -0.598. The van der Waals surface area contributed by atoms with E-state index in [0.29, 0.717) is 12.2 Å². The van der Waals surface area contributed by atoms with Crippen molar-refractivity contribution in [1.82, 2.24) is 15.5 Å². The van der Waals surface area contributed by atoms with Gasteiger partial charge in [-0.15, -0.1) is 0 Å². The second-order valence-corrected chi connectivity index (χ2v) is 6.38. The van der Waals surface area contributed by atoms with E-state index in [0.717, 1.165) is 19.5 Å². The van der Waals surface area contributed by atoms with E-state index in [1.54, 1.807) is 12.4 Å². The minimum absolute atomic E-state index is 0.133. The molecule has 1 aromatic carbocycles. The lowest BCUT2D eigenvalue weighted by atomic mass is 10.00. The average molecular weight is 328 g/mol. The largest absolute Gasteiger partial charge is 0.390 e. The number of aliphatic hydroxyl groups is 1. The van der Waals surface area contributed by atoms with Crippen LogP contribution in [0.2, 0.25) is 0 Å². The quantitative estimate of drug-likeness (QED) is 0.732. The van der Waals surface area contributed by atoms with Gasteiger partial charge in [-0.2, -0.15) is 0 Å². The van der Waals surface area contributed by atoms with Crippen LogP contribution in [-0.2, 0) is 17.8 Å². The van der Waals surface area contributed by atoms with Gasteiger partial charge in [0.15, 0.2) is 0 Å². The Balaban J connectivity index is 1.44. The molecule has 0 bridgehead atoms. The van der Waals surface area contributed by atoms with Crippen LogP contribution in [0.25, 0.3) is 0 Å². The first kappa shape index (κ1) is 16.7. The number of aliphatic imine (C=N–C) groups is 1. The van der Waals surface area contributed by atoms with Gasteiger partial charge in [-0.3, -0.25) is 14.7 Å². The molecule has 1 amide bonds. The lowest BCUT2D eigenvalue weighted by Gasteiger charge is -2.30. The van der Waals surface area contributed by atoms with Crippen LogP contribution in [0.4, 0.5) is 0 Å². The number of benzene rings is 1. The van der Waals surface area contributed by atoms with Gasteiger partial charge >= 0.3 is 0 Å². The summed E-state index contributed by atoms with van der Waals surface area (Å²) in [6, 6.07) is 8.55. The predicted octanol–water partition coefficient (Wildman–Crippen LogP) is 0.426. The fraction of sp³-hybridized carbons (Fsp3) is 0.444. The normalized spacial score (nSPS) is 21.4. The summed E-state index contributed by atoms with van der Waals surface area (Å²) in [6.45, 7) is 4.50. The number of carbonyl (C=O) groups is 1. The molecule has 1 unspecified atom stereocenters. The summed E-state index contributed by atoms with van der Waals surface area (Å²) in [4.78, 5) is 18.3. The van der Waals surface area contributed by atoms with Crippen LogP contribution < -0.4 is 10.6 Å². The van der Waals surface area contributed by atoms with Crippen molar-refractivity contribution in [3.05, 3.63) is 47.3 Å². The summed E-state index contributed by atoms with van der Waals surface area (Å²) in [7, 11) is 0. The van der Waals surface area contributed by atoms with Gasteiger partial charge in [0.05, 0.1) is 12.1 Å². The monoisotopic (exact) mass is 328 g/mol. The molecule has 3 N–H and O–H groups in total. The Kier molecular flexibility index (Phi) is 5.27. The van der Waals surface area contributed by atoms with Crippen molar-refractivity contribution in [3.8, 4) is 0 Å². The molecule has 6 nitrogen and oxygen atoms in total. The Hall–Kier alpha value is -2.18. The first-order chi connectivity index (χ1) is 11.6. The standard InChI is InChI=1S/C18H24N4O2/c1-13-8-20-17(10-19-13)18(24)21-9-16(23)12-22-7-6-14-4-2-3-5-15(14)11-22/h2-5,8,10,13,16,19,23H,6-7,9,11-12H2,1H3,(H,21,24)/t13?,16-/m1/s1. The van der Waals surface area contributed by atoms with Crippen LogP contribution in [-0.4, -0.2) is 53.9 Å². The van der Waals surface area contributed by atoms with E-state index in [4.69, 9.17) is 0 Å². The fourth-order valence-corrected chi connectivity index (χ4v) is 2.98. The maximum absolute atomic E-state index is 12.0. The molecule has 24 heavy (non-hydrogen) atoms. The topological polar surface area (TPSA) is 77.0 Å². The van der Waals surface area contributed by atoms with E-state index in [-0.39, 0.29) is 18.5 Å². The zero-order valence-electron chi connectivity index (χ0n) is 13.9. The molecule has 0 radical (unpaired) electrons. The van der Waals surface area contributed by atoms with Crippen molar-refractivity contribution in [2.24, 2.45) is 4.99 Å². The molecule has 2 heterocycles. The predicted molar refractivity (Wildman–Crippen MR) is 93.6 cm³/mol. The molecular formula is C18H24N4O2. The van der Waals surface area contributed by atoms with Gasteiger partial charge in [-0.1, -0.05) is 24.3 Å². The smallest absolute Gasteiger partial charge is 0.271 e. The van der Waals surface area contributed by atoms with E-state index in [9.17, 15) is 9.90 Å². The van der Waals surface area contributed by atoms with Crippen LogP contribution in [0.15, 0.2) is 41.2 Å². The minimum Gasteiger partial charge on any atom is -0.390 e. The van der Waals surface area contributed by atoms with Gasteiger partial charge in [0.25, 0.3) is 5.91 Å². The third-order valence-corrected chi connectivity index (χ3v) is 4.33. The number of fused-ring (bicyclic) bond motifs is 1. The Morgan fingerprint density at radius 1 is 1.46 bits per heavy atom. The highest BCUT2D eigenvalue weighted by molar-refractivity contribution is 5.95. The Bertz CT molecular complexity index is 656. The van der Waals surface area contributed by atoms with E-state index in [1.165, 1.54) is 11.1 Å². The van der Waals surface area contributed by atoms with Gasteiger partial charge in [0.2, 0.25) is 0 Å². The van der Waals surface area contributed by atoms with Crippen LogP contribution in [0.3, 0.4) is 0 Å². The second kappa shape index (κ2) is 7.59. The Morgan fingerprint density at radius 3 is 3.00 bits per heavy atom.